The van der Waals surface area contributed by atoms with E-state index in [1.54, 1.807) is 6.92 Å². The minimum absolute atomic E-state index is 0.474. The van der Waals surface area contributed by atoms with Gasteiger partial charge in [0, 0.05) is 0 Å². The van der Waals surface area contributed by atoms with Crippen molar-refractivity contribution in [1.82, 2.24) is 0 Å². The Balaban J connectivity index is 3.56. The van der Waals surface area contributed by atoms with Crippen molar-refractivity contribution in [1.29, 1.82) is 5.26 Å². The maximum absolute atomic E-state index is 7.98. The van der Waals surface area contributed by atoms with E-state index in [0.29, 0.717) is 30.6 Å². The van der Waals surface area contributed by atoms with E-state index in [4.69, 9.17) is 8.12 Å². The third kappa shape index (κ3) is 3.74. The van der Waals surface area contributed by atoms with Crippen molar-refractivity contribution in [3.63, 3.8) is 0 Å². The van der Waals surface area contributed by atoms with Crippen LogP contribution in [0.5, 0.6) is 0 Å². The first-order chi connectivity index (χ1) is 3.31. The molecule has 0 saturated carbocycles. The van der Waals surface area contributed by atoms with Gasteiger partial charge in [-0.05, 0) is 0 Å². The fourth-order valence-corrected chi connectivity index (χ4v) is 0.370. The van der Waals surface area contributed by atoms with Crippen LogP contribution < -0.4 is 0 Å². The van der Waals surface area contributed by atoms with Crippen LogP contribution in [-0.4, -0.2) is 24.8 Å². The topological polar surface area (TPSA) is 33.0 Å². The summed E-state index contributed by atoms with van der Waals surface area (Å²) < 4.78 is 4.80. The fraction of sp³-hybridized carbons (Fsp3) is 0.250. The Morgan fingerprint density at radius 3 is 2.71 bits per heavy atom. The van der Waals surface area contributed by atoms with E-state index >= 15 is 0 Å². The van der Waals surface area contributed by atoms with Crippen molar-refractivity contribution in [2.24, 2.45) is 0 Å². The quantitative estimate of drug-likeness (QED) is 0.446. The molecule has 2 nitrogen and oxygen atoms in total. The Morgan fingerprint density at radius 2 is 2.57 bits per heavy atom. The zero-order chi connectivity index (χ0) is 5.70. The predicted molar refractivity (Wildman–Crippen MR) is 27.6 cm³/mol. The maximum atomic E-state index is 7.98. The molecule has 0 atom stereocenters. The molecular weight excluding hydrogens is 193 g/mol. The van der Waals surface area contributed by atoms with E-state index in [1.807, 2.05) is 6.07 Å². The zero-order valence-corrected chi connectivity index (χ0v) is 8.18. The van der Waals surface area contributed by atoms with E-state index in [9.17, 15) is 0 Å². The monoisotopic (exact) mass is 198 g/mol. The second-order valence-corrected chi connectivity index (χ2v) is 1.85. The molecular formula is C4H5InNO. The van der Waals surface area contributed by atoms with Gasteiger partial charge >= 0.3 is 57.8 Å². The van der Waals surface area contributed by atoms with Crippen LogP contribution >= 0.6 is 0 Å². The molecule has 0 unspecified atom stereocenters. The second-order valence-electron chi connectivity index (χ2n) is 1.03. The number of nitriles is 1. The van der Waals surface area contributed by atoms with E-state index in [0.717, 1.165) is 0 Å². The molecule has 0 aliphatic rings. The standard InChI is InChI=1S/C4H5NO.In.H/c1-4(6)2-3-5;;/h2,6H,1H3;;/q;+1;/p-1. The molecule has 0 aliphatic heterocycles. The van der Waals surface area contributed by atoms with Gasteiger partial charge in [0.15, 0.2) is 0 Å². The van der Waals surface area contributed by atoms with Gasteiger partial charge in [0.1, 0.15) is 0 Å². The molecule has 0 aromatic rings. The average molecular weight is 198 g/mol. The molecule has 0 bridgehead atoms. The van der Waals surface area contributed by atoms with Gasteiger partial charge in [-0.2, -0.15) is 0 Å². The molecule has 0 rings (SSSR count). The third-order valence-corrected chi connectivity index (χ3v) is 1.80. The SMILES string of the molecule is CC(=CC#N)[O][InH]. The molecule has 0 spiro atoms. The minimum atomic E-state index is 0.474. The summed E-state index contributed by atoms with van der Waals surface area (Å²) in [5, 5.41) is 7.98. The van der Waals surface area contributed by atoms with Crippen LogP contribution in [0.2, 0.25) is 0 Å². The summed E-state index contributed by atoms with van der Waals surface area (Å²) >= 11 is 0.474. The van der Waals surface area contributed by atoms with Gasteiger partial charge in [-0.3, -0.25) is 0 Å². The first-order valence-corrected chi connectivity index (χ1v) is 3.44. The van der Waals surface area contributed by atoms with Crippen LogP contribution in [0, 0.1) is 11.3 Å². The third-order valence-electron chi connectivity index (χ3n) is 0.495. The Labute approximate surface area is 58.0 Å². The van der Waals surface area contributed by atoms with Gasteiger partial charge in [0.05, 0.1) is 0 Å². The molecule has 3 heteroatoms. The van der Waals surface area contributed by atoms with Crippen LogP contribution in [0.1, 0.15) is 6.92 Å². The van der Waals surface area contributed by atoms with Crippen LogP contribution in [0.25, 0.3) is 0 Å². The number of nitrogens with zero attached hydrogens (tertiary/aromatic N) is 1. The number of hydrogen-bond acceptors (Lipinski definition) is 2. The van der Waals surface area contributed by atoms with Crippen molar-refractivity contribution < 1.29 is 2.85 Å². The van der Waals surface area contributed by atoms with Gasteiger partial charge in [-0.25, -0.2) is 0 Å². The number of allylic oxidation sites excluding steroid dienone is 2. The van der Waals surface area contributed by atoms with Gasteiger partial charge in [-0.15, -0.1) is 0 Å². The summed E-state index contributed by atoms with van der Waals surface area (Å²) in [5.41, 5.74) is 0. The zero-order valence-electron chi connectivity index (χ0n) is 4.14. The molecule has 0 amide bonds. The molecule has 7 heavy (non-hydrogen) atoms. The van der Waals surface area contributed by atoms with E-state index < -0.39 is 0 Å². The van der Waals surface area contributed by atoms with Gasteiger partial charge in [-0.1, -0.05) is 0 Å². The summed E-state index contributed by atoms with van der Waals surface area (Å²) in [4.78, 5) is 0. The first kappa shape index (κ1) is 6.90. The van der Waals surface area contributed by atoms with Crippen molar-refractivity contribution in [3.8, 4) is 6.07 Å². The summed E-state index contributed by atoms with van der Waals surface area (Å²) in [6, 6.07) is 1.86. The van der Waals surface area contributed by atoms with Gasteiger partial charge < -0.3 is 0 Å². The molecule has 0 aliphatic carbocycles. The summed E-state index contributed by atoms with van der Waals surface area (Å²) in [5.74, 6) is 0.717. The Kier molecular flexibility index (Phi) is 4.01. The molecule has 0 aromatic heterocycles. The van der Waals surface area contributed by atoms with Gasteiger partial charge in [0.2, 0.25) is 0 Å². The fourth-order valence-electron chi connectivity index (χ4n) is 0.133. The van der Waals surface area contributed by atoms with Crippen molar-refractivity contribution in [3.05, 3.63) is 11.8 Å². The van der Waals surface area contributed by atoms with Crippen molar-refractivity contribution in [2.45, 2.75) is 6.92 Å². The molecule has 0 heterocycles. The predicted octanol–water partition coefficient (Wildman–Crippen LogP) is 0.246. The molecule has 0 N–H and O–H groups in total. The van der Waals surface area contributed by atoms with Crippen LogP contribution in [0.3, 0.4) is 0 Å². The normalized spacial score (nSPS) is 10.0. The Bertz CT molecular complexity index is 113. The second kappa shape index (κ2) is 4.07. The van der Waals surface area contributed by atoms with Crippen LogP contribution in [0.15, 0.2) is 11.8 Å². The molecule has 1 radical (unpaired) electrons. The summed E-state index contributed by atoms with van der Waals surface area (Å²) in [6.07, 6.45) is 1.39. The number of hydrogen-bond donors (Lipinski definition) is 0. The molecule has 0 fully saturated rings. The Hall–Kier alpha value is -0.0999. The molecule has 0 saturated heterocycles. The average Bonchev–Trinajstić information content (AvgIpc) is 1.68. The van der Waals surface area contributed by atoms with Gasteiger partial charge in [0.25, 0.3) is 0 Å². The first-order valence-electron chi connectivity index (χ1n) is 1.79. The summed E-state index contributed by atoms with van der Waals surface area (Å²) in [6.45, 7) is 1.77. The van der Waals surface area contributed by atoms with E-state index in [2.05, 4.69) is 0 Å². The van der Waals surface area contributed by atoms with Crippen molar-refractivity contribution in [2.75, 3.05) is 0 Å². The number of rotatable bonds is 1. The van der Waals surface area contributed by atoms with Crippen molar-refractivity contribution >= 4 is 24.8 Å². The van der Waals surface area contributed by atoms with Crippen LogP contribution in [0.4, 0.5) is 0 Å². The van der Waals surface area contributed by atoms with E-state index in [-0.39, 0.29) is 0 Å². The molecule has 35 valence electrons. The summed E-state index contributed by atoms with van der Waals surface area (Å²) in [7, 11) is 0. The Morgan fingerprint density at radius 1 is 2.00 bits per heavy atom. The van der Waals surface area contributed by atoms with Crippen LogP contribution in [-0.2, 0) is 2.85 Å². The van der Waals surface area contributed by atoms with E-state index in [1.165, 1.54) is 6.08 Å². The molecule has 0 aromatic carbocycles.